The molecule has 2 aromatic heterocycles. The Labute approximate surface area is 125 Å². The number of anilines is 1. The van der Waals surface area contributed by atoms with Crippen molar-refractivity contribution in [3.63, 3.8) is 0 Å². The number of halogens is 1. The van der Waals surface area contributed by atoms with E-state index in [0.717, 1.165) is 33.9 Å². The van der Waals surface area contributed by atoms with Crippen LogP contribution in [-0.4, -0.2) is 16.0 Å². The van der Waals surface area contributed by atoms with Crippen LogP contribution in [0, 0.1) is 0 Å². The number of rotatable bonds is 2. The van der Waals surface area contributed by atoms with E-state index in [9.17, 15) is 0 Å². The van der Waals surface area contributed by atoms with Crippen LogP contribution in [0.4, 0.5) is 5.82 Å². The minimum atomic E-state index is 0.376. The van der Waals surface area contributed by atoms with Crippen molar-refractivity contribution in [2.75, 3.05) is 5.32 Å². The Morgan fingerprint density at radius 3 is 2.65 bits per heavy atom. The first-order valence-corrected chi connectivity index (χ1v) is 7.78. The third-order valence-electron chi connectivity index (χ3n) is 3.72. The zero-order valence-electron chi connectivity index (χ0n) is 10.6. The van der Waals surface area contributed by atoms with Gasteiger partial charge < -0.3 is 5.32 Å². The summed E-state index contributed by atoms with van der Waals surface area (Å²) in [4.78, 5) is 9.56. The summed E-state index contributed by atoms with van der Waals surface area (Å²) in [5.41, 5.74) is 2.85. The summed E-state index contributed by atoms with van der Waals surface area (Å²) in [5.74, 6) is 0.846. The second kappa shape index (κ2) is 4.72. The standard InChI is InChI=1S/C15H12ClN3S/c16-12-7-20-15-13(12)14(17-8-18-15)19-11-5-9-3-1-2-4-10(9)6-11/h1-4,7-8,11H,5-6H2,(H,17,18,19). The van der Waals surface area contributed by atoms with E-state index >= 15 is 0 Å². The fourth-order valence-electron chi connectivity index (χ4n) is 2.80. The Kier molecular flexibility index (Phi) is 2.86. The molecule has 0 aliphatic heterocycles. The second-order valence-electron chi connectivity index (χ2n) is 5.00. The average Bonchev–Trinajstić information content (AvgIpc) is 3.03. The summed E-state index contributed by atoms with van der Waals surface area (Å²) in [6.07, 6.45) is 3.66. The minimum absolute atomic E-state index is 0.376. The number of hydrogen-bond donors (Lipinski definition) is 1. The lowest BCUT2D eigenvalue weighted by molar-refractivity contribution is 0.770. The number of hydrogen-bond acceptors (Lipinski definition) is 4. The normalized spacial score (nSPS) is 14.7. The molecule has 3 nitrogen and oxygen atoms in total. The van der Waals surface area contributed by atoms with Gasteiger partial charge >= 0.3 is 0 Å². The predicted molar refractivity (Wildman–Crippen MR) is 83.7 cm³/mol. The SMILES string of the molecule is Clc1csc2ncnc(NC3Cc4ccccc4C3)c12. The van der Waals surface area contributed by atoms with E-state index in [2.05, 4.69) is 39.6 Å². The summed E-state index contributed by atoms with van der Waals surface area (Å²) in [5, 5.41) is 7.11. The molecule has 0 spiro atoms. The van der Waals surface area contributed by atoms with Gasteiger partial charge in [-0.25, -0.2) is 9.97 Å². The van der Waals surface area contributed by atoms with Crippen molar-refractivity contribution in [3.05, 3.63) is 52.1 Å². The van der Waals surface area contributed by atoms with Gasteiger partial charge in [-0.05, 0) is 24.0 Å². The molecule has 0 radical (unpaired) electrons. The minimum Gasteiger partial charge on any atom is -0.366 e. The highest BCUT2D eigenvalue weighted by Crippen LogP contribution is 2.34. The molecular formula is C15H12ClN3S. The number of benzene rings is 1. The maximum atomic E-state index is 6.24. The van der Waals surface area contributed by atoms with Crippen LogP contribution in [0.1, 0.15) is 11.1 Å². The van der Waals surface area contributed by atoms with E-state index in [1.54, 1.807) is 17.7 Å². The van der Waals surface area contributed by atoms with Gasteiger partial charge in [0, 0.05) is 11.4 Å². The van der Waals surface area contributed by atoms with Crippen LogP contribution in [0.3, 0.4) is 0 Å². The molecule has 1 aliphatic carbocycles. The number of nitrogens with one attached hydrogen (secondary N) is 1. The number of aromatic nitrogens is 2. The quantitative estimate of drug-likeness (QED) is 0.779. The van der Waals surface area contributed by atoms with Gasteiger partial charge in [0.15, 0.2) is 0 Å². The van der Waals surface area contributed by atoms with E-state index in [0.29, 0.717) is 6.04 Å². The molecule has 0 saturated heterocycles. The molecule has 0 amide bonds. The lowest BCUT2D eigenvalue weighted by Crippen LogP contribution is -2.20. The molecule has 3 aromatic rings. The lowest BCUT2D eigenvalue weighted by Gasteiger charge is -2.13. The topological polar surface area (TPSA) is 37.8 Å². The third kappa shape index (κ3) is 1.96. The zero-order valence-corrected chi connectivity index (χ0v) is 12.2. The van der Waals surface area contributed by atoms with Gasteiger partial charge in [-0.15, -0.1) is 11.3 Å². The highest BCUT2D eigenvalue weighted by molar-refractivity contribution is 7.17. The maximum absolute atomic E-state index is 6.24. The Hall–Kier alpha value is -1.65. The fraction of sp³-hybridized carbons (Fsp3) is 0.200. The summed E-state index contributed by atoms with van der Waals surface area (Å²) in [6, 6.07) is 8.97. The lowest BCUT2D eigenvalue weighted by atomic mass is 10.1. The van der Waals surface area contributed by atoms with Crippen molar-refractivity contribution in [2.45, 2.75) is 18.9 Å². The fourth-order valence-corrected chi connectivity index (χ4v) is 3.94. The largest absolute Gasteiger partial charge is 0.366 e. The van der Waals surface area contributed by atoms with Crippen molar-refractivity contribution in [2.24, 2.45) is 0 Å². The van der Waals surface area contributed by atoms with E-state index in [1.807, 2.05) is 5.38 Å². The van der Waals surface area contributed by atoms with E-state index in [-0.39, 0.29) is 0 Å². The van der Waals surface area contributed by atoms with Gasteiger partial charge in [0.2, 0.25) is 0 Å². The zero-order chi connectivity index (χ0) is 13.5. The molecule has 2 heterocycles. The molecule has 20 heavy (non-hydrogen) atoms. The summed E-state index contributed by atoms with van der Waals surface area (Å²) < 4.78 is 0. The van der Waals surface area contributed by atoms with E-state index < -0.39 is 0 Å². The van der Waals surface area contributed by atoms with Crippen LogP contribution < -0.4 is 5.32 Å². The molecule has 0 fully saturated rings. The first-order valence-electron chi connectivity index (χ1n) is 6.52. The highest BCUT2D eigenvalue weighted by Gasteiger charge is 2.22. The van der Waals surface area contributed by atoms with E-state index in [4.69, 9.17) is 11.6 Å². The molecule has 4 rings (SSSR count). The van der Waals surface area contributed by atoms with Gasteiger partial charge in [0.25, 0.3) is 0 Å². The third-order valence-corrected chi connectivity index (χ3v) is 5.03. The second-order valence-corrected chi connectivity index (χ2v) is 6.27. The summed E-state index contributed by atoms with van der Waals surface area (Å²) in [6.45, 7) is 0. The van der Waals surface area contributed by atoms with Gasteiger partial charge in [0.1, 0.15) is 17.0 Å². The molecule has 100 valence electrons. The number of thiophene rings is 1. The predicted octanol–water partition coefficient (Wildman–Crippen LogP) is 3.92. The molecule has 1 aliphatic rings. The van der Waals surface area contributed by atoms with Crippen molar-refractivity contribution in [1.82, 2.24) is 9.97 Å². The Balaban J connectivity index is 1.65. The number of nitrogens with zero attached hydrogens (tertiary/aromatic N) is 2. The monoisotopic (exact) mass is 301 g/mol. The summed E-state index contributed by atoms with van der Waals surface area (Å²) >= 11 is 7.79. The number of fused-ring (bicyclic) bond motifs is 2. The van der Waals surface area contributed by atoms with Crippen LogP contribution in [0.2, 0.25) is 5.02 Å². The molecular weight excluding hydrogens is 290 g/mol. The molecule has 1 aromatic carbocycles. The summed E-state index contributed by atoms with van der Waals surface area (Å²) in [7, 11) is 0. The Bertz CT molecular complexity index is 759. The van der Waals surface area contributed by atoms with Crippen LogP contribution >= 0.6 is 22.9 Å². The van der Waals surface area contributed by atoms with Crippen molar-refractivity contribution >= 4 is 39.0 Å². The van der Waals surface area contributed by atoms with Crippen LogP contribution in [-0.2, 0) is 12.8 Å². The van der Waals surface area contributed by atoms with Crippen LogP contribution in [0.5, 0.6) is 0 Å². The van der Waals surface area contributed by atoms with Crippen LogP contribution in [0.25, 0.3) is 10.2 Å². The van der Waals surface area contributed by atoms with Crippen molar-refractivity contribution < 1.29 is 0 Å². The molecule has 0 bridgehead atoms. The van der Waals surface area contributed by atoms with Gasteiger partial charge in [-0.1, -0.05) is 35.9 Å². The van der Waals surface area contributed by atoms with Gasteiger partial charge in [0.05, 0.1) is 10.4 Å². The van der Waals surface area contributed by atoms with Crippen LogP contribution in [0.15, 0.2) is 36.0 Å². The first-order chi connectivity index (χ1) is 9.81. The molecule has 0 saturated carbocycles. The average molecular weight is 302 g/mol. The molecule has 0 atom stereocenters. The molecule has 5 heteroatoms. The van der Waals surface area contributed by atoms with Crippen molar-refractivity contribution in [3.8, 4) is 0 Å². The highest BCUT2D eigenvalue weighted by atomic mass is 35.5. The maximum Gasteiger partial charge on any atom is 0.139 e. The first kappa shape index (κ1) is 12.1. The molecule has 1 N–H and O–H groups in total. The Morgan fingerprint density at radius 1 is 1.15 bits per heavy atom. The van der Waals surface area contributed by atoms with E-state index in [1.165, 1.54) is 11.1 Å². The smallest absolute Gasteiger partial charge is 0.139 e. The molecule has 0 unspecified atom stereocenters. The van der Waals surface area contributed by atoms with Gasteiger partial charge in [-0.3, -0.25) is 0 Å². The van der Waals surface area contributed by atoms with Crippen molar-refractivity contribution in [1.29, 1.82) is 0 Å². The van der Waals surface area contributed by atoms with Gasteiger partial charge in [-0.2, -0.15) is 0 Å². The Morgan fingerprint density at radius 2 is 1.90 bits per heavy atom.